The molecule has 0 radical (unpaired) electrons. The molecule has 0 fully saturated rings. The van der Waals surface area contributed by atoms with Gasteiger partial charge in [-0.3, -0.25) is 0 Å². The van der Waals surface area contributed by atoms with Crippen LogP contribution in [0.15, 0.2) is 91.0 Å². The Labute approximate surface area is 186 Å². The van der Waals surface area contributed by atoms with Gasteiger partial charge in [-0.05, 0) is 5.56 Å². The summed E-state index contributed by atoms with van der Waals surface area (Å²) in [6.45, 7) is 7.32. The van der Waals surface area contributed by atoms with Crippen molar-refractivity contribution < 1.29 is 9.26 Å². The third kappa shape index (κ3) is 6.68. The molecule has 3 aromatic rings. The van der Waals surface area contributed by atoms with Crippen LogP contribution in [0.3, 0.4) is 0 Å². The fourth-order valence-electron chi connectivity index (χ4n) is 3.25. The van der Waals surface area contributed by atoms with E-state index < -0.39 is 8.15 Å². The molecule has 0 heterocycles. The summed E-state index contributed by atoms with van der Waals surface area (Å²) >= 11 is 1.94. The largest absolute Gasteiger partial charge is 0.382 e. The van der Waals surface area contributed by atoms with Crippen molar-refractivity contribution >= 4 is 30.5 Å². The minimum absolute atomic E-state index is 0.0758. The summed E-state index contributed by atoms with van der Waals surface area (Å²) in [6, 6.07) is 31.8. The van der Waals surface area contributed by atoms with Gasteiger partial charge in [-0.25, -0.2) is 0 Å². The lowest BCUT2D eigenvalue weighted by molar-refractivity contribution is 0.0895. The van der Waals surface area contributed by atoms with Gasteiger partial charge in [0.1, 0.15) is 6.10 Å². The van der Waals surface area contributed by atoms with Gasteiger partial charge in [0.2, 0.25) is 0 Å². The molecule has 0 aromatic heterocycles. The normalized spacial score (nSPS) is 13.9. The summed E-state index contributed by atoms with van der Waals surface area (Å²) in [6.07, 6.45) is -0.0758. The number of hydrogen-bond donors (Lipinski definition) is 0. The zero-order chi connectivity index (χ0) is 21.4. The number of thioether (sulfide) groups is 1. The zero-order valence-corrected chi connectivity index (χ0v) is 19.9. The Morgan fingerprint density at radius 2 is 1.23 bits per heavy atom. The van der Waals surface area contributed by atoms with E-state index in [9.17, 15) is 0 Å². The fraction of sp³-hybridized carbons (Fsp3) is 0.308. The molecule has 3 rings (SSSR count). The maximum Gasteiger partial charge on any atom is 0.102 e. The first-order chi connectivity index (χ1) is 14.5. The van der Waals surface area contributed by atoms with Crippen molar-refractivity contribution in [1.82, 2.24) is 0 Å². The molecule has 0 aliphatic carbocycles. The Balaban J connectivity index is 1.99. The van der Waals surface area contributed by atoms with Crippen LogP contribution >= 0.6 is 19.9 Å². The van der Waals surface area contributed by atoms with E-state index in [4.69, 9.17) is 9.26 Å². The van der Waals surface area contributed by atoms with E-state index in [-0.39, 0.29) is 16.1 Å². The molecule has 4 heteroatoms. The van der Waals surface area contributed by atoms with Crippen LogP contribution in [0, 0.1) is 0 Å². The Bertz CT molecular complexity index is 826. The molecule has 2 atom stereocenters. The van der Waals surface area contributed by atoms with E-state index >= 15 is 0 Å². The van der Waals surface area contributed by atoms with Gasteiger partial charge in [-0.1, -0.05) is 112 Å². The molecule has 0 amide bonds. The van der Waals surface area contributed by atoms with Crippen LogP contribution in [0.2, 0.25) is 0 Å². The molecular weight excluding hydrogens is 407 g/mol. The van der Waals surface area contributed by atoms with E-state index in [1.165, 1.54) is 16.2 Å². The predicted octanol–water partition coefficient (Wildman–Crippen LogP) is 6.34. The molecule has 0 unspecified atom stereocenters. The van der Waals surface area contributed by atoms with Crippen molar-refractivity contribution in [2.24, 2.45) is 0 Å². The molecule has 0 saturated heterocycles. The highest BCUT2D eigenvalue weighted by molar-refractivity contribution is 8.00. The first kappa shape index (κ1) is 23.0. The lowest BCUT2D eigenvalue weighted by atomic mass is 10.1. The molecule has 0 aliphatic heterocycles. The minimum atomic E-state index is -0.960. The van der Waals surface area contributed by atoms with Gasteiger partial charge in [0.15, 0.2) is 0 Å². The maximum atomic E-state index is 6.94. The monoisotopic (exact) mass is 438 g/mol. The average Bonchev–Trinajstić information content (AvgIpc) is 2.76. The Hall–Kier alpha value is -1.64. The van der Waals surface area contributed by atoms with E-state index in [2.05, 4.69) is 112 Å². The van der Waals surface area contributed by atoms with Crippen LogP contribution in [0.5, 0.6) is 0 Å². The topological polar surface area (TPSA) is 18.5 Å². The van der Waals surface area contributed by atoms with Crippen LogP contribution in [0.1, 0.15) is 31.6 Å². The number of ether oxygens (including phenoxy) is 1. The fourth-order valence-corrected chi connectivity index (χ4v) is 6.56. The summed E-state index contributed by atoms with van der Waals surface area (Å²) in [4.78, 5) is 0. The molecular formula is C26H31O2PS. The van der Waals surface area contributed by atoms with Gasteiger partial charge in [0.05, 0.1) is 20.0 Å². The van der Waals surface area contributed by atoms with Crippen molar-refractivity contribution in [2.75, 3.05) is 13.7 Å². The van der Waals surface area contributed by atoms with Gasteiger partial charge in [0, 0.05) is 22.5 Å². The number of rotatable bonds is 9. The molecule has 0 saturated carbocycles. The maximum absolute atomic E-state index is 6.94. The molecule has 0 spiro atoms. The van der Waals surface area contributed by atoms with Gasteiger partial charge < -0.3 is 9.26 Å². The van der Waals surface area contributed by atoms with E-state index in [1.807, 2.05) is 11.8 Å². The molecule has 0 N–H and O–H groups in total. The second-order valence-electron chi connectivity index (χ2n) is 8.13. The molecule has 0 aliphatic rings. The zero-order valence-electron chi connectivity index (χ0n) is 18.2. The van der Waals surface area contributed by atoms with Crippen LogP contribution in [-0.4, -0.2) is 24.6 Å². The van der Waals surface area contributed by atoms with Gasteiger partial charge in [-0.2, -0.15) is 0 Å². The summed E-state index contributed by atoms with van der Waals surface area (Å²) < 4.78 is 12.7. The number of methoxy groups -OCH3 is 1. The van der Waals surface area contributed by atoms with Crippen molar-refractivity contribution in [1.29, 1.82) is 0 Å². The minimum Gasteiger partial charge on any atom is -0.382 e. The summed E-state index contributed by atoms with van der Waals surface area (Å²) in [5, 5.41) is 2.60. The van der Waals surface area contributed by atoms with Gasteiger partial charge in [0.25, 0.3) is 0 Å². The summed E-state index contributed by atoms with van der Waals surface area (Å²) in [5.74, 6) is 0. The highest BCUT2D eigenvalue weighted by atomic mass is 32.2. The third-order valence-electron chi connectivity index (χ3n) is 4.50. The first-order valence-corrected chi connectivity index (χ1v) is 12.4. The highest BCUT2D eigenvalue weighted by Gasteiger charge is 2.32. The first-order valence-electron chi connectivity index (χ1n) is 10.3. The number of benzene rings is 3. The molecule has 0 bridgehead atoms. The highest BCUT2D eigenvalue weighted by Crippen LogP contribution is 2.46. The van der Waals surface area contributed by atoms with Crippen LogP contribution in [0.4, 0.5) is 0 Å². The SMILES string of the molecule is COC[C@H](OP(c1ccccc1)c1ccccc1)[C@H](SC(C)(C)C)c1ccccc1. The van der Waals surface area contributed by atoms with Crippen molar-refractivity contribution in [3.8, 4) is 0 Å². The Morgan fingerprint density at radius 1 is 0.767 bits per heavy atom. The van der Waals surface area contributed by atoms with Crippen molar-refractivity contribution in [3.05, 3.63) is 96.6 Å². The van der Waals surface area contributed by atoms with Crippen LogP contribution < -0.4 is 10.6 Å². The lowest BCUT2D eigenvalue weighted by Gasteiger charge is -2.34. The second-order valence-corrected chi connectivity index (χ2v) is 11.9. The Kier molecular flexibility index (Phi) is 8.53. The molecule has 3 aromatic carbocycles. The van der Waals surface area contributed by atoms with Gasteiger partial charge >= 0.3 is 0 Å². The molecule has 30 heavy (non-hydrogen) atoms. The quantitative estimate of drug-likeness (QED) is 0.363. The van der Waals surface area contributed by atoms with Crippen LogP contribution in [0.25, 0.3) is 0 Å². The van der Waals surface area contributed by atoms with Crippen molar-refractivity contribution in [2.45, 2.75) is 36.9 Å². The summed E-state index contributed by atoms with van der Waals surface area (Å²) in [7, 11) is 0.798. The second kappa shape index (κ2) is 11.1. The molecule has 2 nitrogen and oxygen atoms in total. The van der Waals surface area contributed by atoms with E-state index in [0.29, 0.717) is 6.61 Å². The average molecular weight is 439 g/mol. The van der Waals surface area contributed by atoms with Gasteiger partial charge in [-0.15, -0.1) is 11.8 Å². The summed E-state index contributed by atoms with van der Waals surface area (Å²) in [5.41, 5.74) is 1.27. The number of hydrogen-bond acceptors (Lipinski definition) is 3. The smallest absolute Gasteiger partial charge is 0.102 e. The lowest BCUT2D eigenvalue weighted by Crippen LogP contribution is -2.30. The molecule has 158 valence electrons. The van der Waals surface area contributed by atoms with Crippen LogP contribution in [-0.2, 0) is 9.26 Å². The van der Waals surface area contributed by atoms with E-state index in [1.54, 1.807) is 7.11 Å². The van der Waals surface area contributed by atoms with E-state index in [0.717, 1.165) is 0 Å². The standard InChI is InChI=1S/C26H31O2PS/c1-26(2,3)30-25(21-14-8-5-9-15-21)24(20-27-4)28-29(22-16-10-6-11-17-22)23-18-12-7-13-19-23/h5-19,24-25H,20H2,1-4H3/t24-,25+/m0/s1. The third-order valence-corrected chi connectivity index (χ3v) is 8.05. The van der Waals surface area contributed by atoms with Crippen molar-refractivity contribution in [3.63, 3.8) is 0 Å². The predicted molar refractivity (Wildman–Crippen MR) is 132 cm³/mol. The Morgan fingerprint density at radius 3 is 1.67 bits per heavy atom.